The number of carbonyl (C=O) groups excluding carboxylic acids is 1. The summed E-state index contributed by atoms with van der Waals surface area (Å²) in [6.07, 6.45) is 1.20. The summed E-state index contributed by atoms with van der Waals surface area (Å²) in [6.45, 7) is 3.58. The van der Waals surface area contributed by atoms with Crippen molar-refractivity contribution in [2.75, 3.05) is 31.1 Å². The monoisotopic (exact) mass is 321 g/mol. The SMILES string of the molecule is Cc1ccc(N2CCC(C(N)CN(CC=O)C(=O)O)CC2)nn1. The highest BCUT2D eigenvalue weighted by Gasteiger charge is 2.27. The Labute approximate surface area is 135 Å². The number of hydrogen-bond acceptors (Lipinski definition) is 6. The van der Waals surface area contributed by atoms with Crippen molar-refractivity contribution in [3.63, 3.8) is 0 Å². The zero-order chi connectivity index (χ0) is 16.8. The van der Waals surface area contributed by atoms with E-state index in [2.05, 4.69) is 15.1 Å². The maximum absolute atomic E-state index is 11.1. The summed E-state index contributed by atoms with van der Waals surface area (Å²) in [5.41, 5.74) is 7.04. The lowest BCUT2D eigenvalue weighted by molar-refractivity contribution is -0.108. The fourth-order valence-corrected chi connectivity index (χ4v) is 2.84. The Morgan fingerprint density at radius 1 is 1.48 bits per heavy atom. The van der Waals surface area contributed by atoms with Crippen LogP contribution in [0.2, 0.25) is 0 Å². The maximum atomic E-state index is 11.1. The van der Waals surface area contributed by atoms with Crippen molar-refractivity contribution in [1.29, 1.82) is 0 Å². The second kappa shape index (κ2) is 7.87. The molecule has 0 saturated carbocycles. The Morgan fingerprint density at radius 2 is 2.17 bits per heavy atom. The number of carbonyl (C=O) groups is 2. The highest BCUT2D eigenvalue weighted by Crippen LogP contribution is 2.23. The average Bonchev–Trinajstić information content (AvgIpc) is 2.55. The third kappa shape index (κ3) is 4.62. The van der Waals surface area contributed by atoms with Crippen LogP contribution in [0.4, 0.5) is 10.6 Å². The molecule has 0 radical (unpaired) electrons. The van der Waals surface area contributed by atoms with Crippen LogP contribution in [-0.2, 0) is 4.79 Å². The van der Waals surface area contributed by atoms with Gasteiger partial charge in [0.15, 0.2) is 5.82 Å². The van der Waals surface area contributed by atoms with Crippen LogP contribution < -0.4 is 10.6 Å². The molecule has 1 aliphatic heterocycles. The van der Waals surface area contributed by atoms with E-state index >= 15 is 0 Å². The van der Waals surface area contributed by atoms with Gasteiger partial charge in [-0.3, -0.25) is 4.90 Å². The number of aryl methyl sites for hydroxylation is 1. The van der Waals surface area contributed by atoms with Gasteiger partial charge in [-0.1, -0.05) is 0 Å². The molecule has 1 unspecified atom stereocenters. The van der Waals surface area contributed by atoms with E-state index in [1.807, 2.05) is 19.1 Å². The molecular weight excluding hydrogens is 298 g/mol. The predicted molar refractivity (Wildman–Crippen MR) is 85.3 cm³/mol. The number of aromatic nitrogens is 2. The Bertz CT molecular complexity index is 528. The van der Waals surface area contributed by atoms with Crippen molar-refractivity contribution >= 4 is 18.2 Å². The Morgan fingerprint density at radius 3 is 2.70 bits per heavy atom. The van der Waals surface area contributed by atoms with E-state index in [4.69, 9.17) is 10.8 Å². The Hall–Kier alpha value is -2.22. The molecule has 0 bridgehead atoms. The molecule has 1 aromatic rings. The first-order valence-electron chi connectivity index (χ1n) is 7.73. The van der Waals surface area contributed by atoms with Gasteiger partial charge in [0.2, 0.25) is 0 Å². The molecule has 1 amide bonds. The number of anilines is 1. The number of amides is 1. The first-order chi connectivity index (χ1) is 11.0. The summed E-state index contributed by atoms with van der Waals surface area (Å²) in [5, 5.41) is 17.3. The minimum Gasteiger partial charge on any atom is -0.465 e. The summed E-state index contributed by atoms with van der Waals surface area (Å²) in [7, 11) is 0. The largest absolute Gasteiger partial charge is 0.465 e. The van der Waals surface area contributed by atoms with Crippen LogP contribution in [0.3, 0.4) is 0 Å². The van der Waals surface area contributed by atoms with Crippen molar-refractivity contribution in [3.8, 4) is 0 Å². The highest BCUT2D eigenvalue weighted by molar-refractivity contribution is 5.69. The molecule has 3 N–H and O–H groups in total. The Kier molecular flexibility index (Phi) is 5.86. The predicted octanol–water partition coefficient (Wildman–Crippen LogP) is 0.508. The van der Waals surface area contributed by atoms with E-state index in [0.717, 1.165) is 42.3 Å². The van der Waals surface area contributed by atoms with Crippen LogP contribution in [0.1, 0.15) is 18.5 Å². The molecule has 1 aromatic heterocycles. The summed E-state index contributed by atoms with van der Waals surface area (Å²) < 4.78 is 0. The van der Waals surface area contributed by atoms with E-state index < -0.39 is 6.09 Å². The molecule has 2 heterocycles. The van der Waals surface area contributed by atoms with Crippen molar-refractivity contribution in [2.24, 2.45) is 11.7 Å². The van der Waals surface area contributed by atoms with Crippen molar-refractivity contribution < 1.29 is 14.7 Å². The zero-order valence-electron chi connectivity index (χ0n) is 13.3. The van der Waals surface area contributed by atoms with Gasteiger partial charge in [-0.25, -0.2) is 4.79 Å². The first-order valence-corrected chi connectivity index (χ1v) is 7.73. The minimum atomic E-state index is -1.11. The fraction of sp³-hybridized carbons (Fsp3) is 0.600. The zero-order valence-corrected chi connectivity index (χ0v) is 13.3. The molecule has 8 heteroatoms. The molecule has 126 valence electrons. The number of rotatable bonds is 6. The van der Waals surface area contributed by atoms with Gasteiger partial charge in [0.25, 0.3) is 0 Å². The number of nitrogens with zero attached hydrogens (tertiary/aromatic N) is 4. The van der Waals surface area contributed by atoms with E-state index in [1.54, 1.807) is 0 Å². The molecule has 0 spiro atoms. The molecule has 2 rings (SSSR count). The lowest BCUT2D eigenvalue weighted by Crippen LogP contribution is -2.48. The number of carboxylic acid groups (broad SMARTS) is 1. The van der Waals surface area contributed by atoms with Crippen LogP contribution in [0.5, 0.6) is 0 Å². The van der Waals surface area contributed by atoms with Crippen LogP contribution in [-0.4, -0.2) is 64.8 Å². The average molecular weight is 321 g/mol. The van der Waals surface area contributed by atoms with Gasteiger partial charge < -0.3 is 20.5 Å². The summed E-state index contributed by atoms with van der Waals surface area (Å²) in [6, 6.07) is 3.63. The second-order valence-corrected chi connectivity index (χ2v) is 5.88. The molecule has 1 aliphatic rings. The topological polar surface area (TPSA) is 113 Å². The lowest BCUT2D eigenvalue weighted by atomic mass is 9.89. The van der Waals surface area contributed by atoms with Gasteiger partial charge in [-0.2, -0.15) is 5.10 Å². The fourth-order valence-electron chi connectivity index (χ4n) is 2.84. The molecule has 1 fully saturated rings. The van der Waals surface area contributed by atoms with Crippen LogP contribution >= 0.6 is 0 Å². The lowest BCUT2D eigenvalue weighted by Gasteiger charge is -2.36. The van der Waals surface area contributed by atoms with Crippen molar-refractivity contribution in [1.82, 2.24) is 15.1 Å². The molecule has 8 nitrogen and oxygen atoms in total. The molecular formula is C15H23N5O3. The molecule has 0 aromatic carbocycles. The maximum Gasteiger partial charge on any atom is 0.407 e. The molecule has 1 atom stereocenters. The summed E-state index contributed by atoms with van der Waals surface area (Å²) in [4.78, 5) is 24.8. The summed E-state index contributed by atoms with van der Waals surface area (Å²) in [5.74, 6) is 1.09. The van der Waals surface area contributed by atoms with Gasteiger partial charge in [-0.05, 0) is 37.8 Å². The quantitative estimate of drug-likeness (QED) is 0.734. The van der Waals surface area contributed by atoms with Gasteiger partial charge in [-0.15, -0.1) is 5.10 Å². The van der Waals surface area contributed by atoms with Crippen molar-refractivity contribution in [2.45, 2.75) is 25.8 Å². The van der Waals surface area contributed by atoms with E-state index in [0.29, 0.717) is 6.29 Å². The van der Waals surface area contributed by atoms with E-state index in [-0.39, 0.29) is 25.0 Å². The van der Waals surface area contributed by atoms with Gasteiger partial charge in [0, 0.05) is 25.7 Å². The minimum absolute atomic E-state index is 0.138. The first kappa shape index (κ1) is 17.1. The number of nitrogens with two attached hydrogens (primary N) is 1. The third-order valence-electron chi connectivity index (χ3n) is 4.25. The van der Waals surface area contributed by atoms with E-state index in [9.17, 15) is 9.59 Å². The van der Waals surface area contributed by atoms with Crippen LogP contribution in [0.25, 0.3) is 0 Å². The molecule has 1 saturated heterocycles. The number of aldehydes is 1. The normalized spacial score (nSPS) is 16.9. The third-order valence-corrected chi connectivity index (χ3v) is 4.25. The smallest absolute Gasteiger partial charge is 0.407 e. The molecule has 0 aliphatic carbocycles. The van der Waals surface area contributed by atoms with E-state index in [1.165, 1.54) is 0 Å². The molecule has 23 heavy (non-hydrogen) atoms. The van der Waals surface area contributed by atoms with Crippen LogP contribution in [0.15, 0.2) is 12.1 Å². The highest BCUT2D eigenvalue weighted by atomic mass is 16.4. The van der Waals surface area contributed by atoms with Gasteiger partial charge in [0.05, 0.1) is 12.2 Å². The second-order valence-electron chi connectivity index (χ2n) is 5.88. The van der Waals surface area contributed by atoms with Crippen LogP contribution in [0, 0.1) is 12.8 Å². The standard InChI is InChI=1S/C15H23N5O3/c1-11-2-3-14(18-17-11)19-6-4-12(5-7-19)13(16)10-20(8-9-21)15(22)23/h2-3,9,12-13H,4-8,10,16H2,1H3,(H,22,23). The van der Waals surface area contributed by atoms with Gasteiger partial charge in [0.1, 0.15) is 6.29 Å². The number of hydrogen-bond donors (Lipinski definition) is 2. The summed E-state index contributed by atoms with van der Waals surface area (Å²) >= 11 is 0. The van der Waals surface area contributed by atoms with Crippen molar-refractivity contribution in [3.05, 3.63) is 17.8 Å². The van der Waals surface area contributed by atoms with Gasteiger partial charge >= 0.3 is 6.09 Å². The number of piperidine rings is 1. The Balaban J connectivity index is 1.86.